The van der Waals surface area contributed by atoms with Gasteiger partial charge in [0.2, 0.25) is 0 Å². The minimum absolute atomic E-state index is 0. The fourth-order valence-electron chi connectivity index (χ4n) is 6.86. The van der Waals surface area contributed by atoms with Crippen molar-refractivity contribution in [2.24, 2.45) is 10.8 Å². The standard InChI is InChI=1S/2C12H13.2CH3.2ClH.H2Si.Zr/c2*1-9-5-4-6-10-7-12(2,3)8-11(9)10;;;;;;/h2*4-7H,1-3H3;2*1H3;2*1H;1H2;. The molecule has 0 N–H and O–H groups in total. The third-order valence-corrected chi connectivity index (χ3v) is 23.5. The first-order chi connectivity index (χ1) is 12.7. The Morgan fingerprint density at radius 3 is 1.33 bits per heavy atom. The summed E-state index contributed by atoms with van der Waals surface area (Å²) in [5.41, 5.74) is 3.10. The fraction of sp³-hybridized carbons (Fsp3) is 0.385. The number of fused-ring (bicyclic) bond motifs is 2. The second kappa shape index (κ2) is 7.58. The molecule has 2 aromatic carbocycles. The van der Waals surface area contributed by atoms with Crippen LogP contribution in [-0.2, 0) is 17.4 Å². The Morgan fingerprint density at radius 1 is 0.667 bits per heavy atom. The van der Waals surface area contributed by atoms with E-state index in [-0.39, 0.29) is 35.6 Å². The number of hydrogen-bond donors (Lipinski definition) is 0. The number of rotatable bonds is 2. The van der Waals surface area contributed by atoms with Crippen molar-refractivity contribution < 1.29 is 17.4 Å². The van der Waals surface area contributed by atoms with Crippen molar-refractivity contribution in [2.75, 3.05) is 0 Å². The number of aryl methyl sites for hydroxylation is 2. The summed E-state index contributed by atoms with van der Waals surface area (Å²) in [5.74, 6) is 0. The summed E-state index contributed by atoms with van der Waals surface area (Å²) in [5, 5.41) is 6.01. The molecular weight excluding hydrogens is 503 g/mol. The van der Waals surface area contributed by atoms with E-state index in [2.05, 4.69) is 106 Å². The molecule has 0 heterocycles. The molecule has 0 saturated carbocycles. The van der Waals surface area contributed by atoms with Crippen molar-refractivity contribution in [1.29, 1.82) is 0 Å². The maximum atomic E-state index is 2.69. The zero-order valence-corrected chi connectivity index (χ0v) is 25.1. The molecule has 0 spiro atoms. The van der Waals surface area contributed by atoms with Gasteiger partial charge < -0.3 is 0 Å². The summed E-state index contributed by atoms with van der Waals surface area (Å²) >= 11 is -3.53. The van der Waals surface area contributed by atoms with Crippen LogP contribution in [0.25, 0.3) is 18.7 Å². The molecule has 0 unspecified atom stereocenters. The van der Waals surface area contributed by atoms with E-state index >= 15 is 0 Å². The minimum Gasteiger partial charge on any atom is -0.147 e. The topological polar surface area (TPSA) is 0 Å². The first-order valence-corrected chi connectivity index (χ1v) is 23.8. The molecule has 2 aromatic rings. The van der Waals surface area contributed by atoms with E-state index in [9.17, 15) is 0 Å². The predicted octanol–water partition coefficient (Wildman–Crippen LogP) is 4.04. The molecule has 0 amide bonds. The van der Waals surface area contributed by atoms with Crippen molar-refractivity contribution in [2.45, 2.75) is 50.8 Å². The van der Waals surface area contributed by atoms with E-state index in [1.165, 1.54) is 21.6 Å². The van der Waals surface area contributed by atoms with Gasteiger partial charge in [0.25, 0.3) is 0 Å². The Labute approximate surface area is 196 Å². The summed E-state index contributed by atoms with van der Waals surface area (Å²) in [4.78, 5) is 0. The van der Waals surface area contributed by atoms with Gasteiger partial charge in [0, 0.05) is 0 Å². The largest absolute Gasteiger partial charge is 0.147 e. The average molecular weight is 539 g/mol. The molecule has 0 saturated heterocycles. The summed E-state index contributed by atoms with van der Waals surface area (Å²) in [6.07, 6.45) is 5.06. The minimum atomic E-state index is -3.53. The predicted molar refractivity (Wildman–Crippen MR) is 139 cm³/mol. The van der Waals surface area contributed by atoms with Crippen LogP contribution in [0.2, 0.25) is 9.26 Å². The smallest absolute Gasteiger partial charge is 0.147 e. The zero-order chi connectivity index (χ0) is 20.7. The summed E-state index contributed by atoms with van der Waals surface area (Å²) in [6.45, 7) is 16.8. The van der Waals surface area contributed by atoms with Crippen molar-refractivity contribution in [3.8, 4) is 0 Å². The fourth-order valence-corrected chi connectivity index (χ4v) is 31.1. The first kappa shape index (κ1) is 25.9. The Kier molecular flexibility index (Phi) is 6.54. The summed E-state index contributed by atoms with van der Waals surface area (Å²) in [6, 6.07) is 13.7. The Hall–Kier alpha value is -0.400. The van der Waals surface area contributed by atoms with Gasteiger partial charge in [0.05, 0.1) is 0 Å². The molecular formula is C26H36Cl2SiZr. The van der Waals surface area contributed by atoms with Crippen molar-refractivity contribution in [1.82, 2.24) is 0 Å². The van der Waals surface area contributed by atoms with Gasteiger partial charge in [-0.3, -0.25) is 0 Å². The second-order valence-corrected chi connectivity index (χ2v) is 39.5. The Balaban J connectivity index is 0.00000160. The van der Waals surface area contributed by atoms with E-state index in [4.69, 9.17) is 0 Å². The van der Waals surface area contributed by atoms with Gasteiger partial charge in [-0.25, -0.2) is 0 Å². The van der Waals surface area contributed by atoms with Crippen LogP contribution in [0.1, 0.15) is 38.8 Å². The van der Waals surface area contributed by atoms with E-state index < -0.39 is 17.4 Å². The molecule has 30 heavy (non-hydrogen) atoms. The van der Waals surface area contributed by atoms with Crippen LogP contribution in [0.15, 0.2) is 36.4 Å². The maximum absolute atomic E-state index is 3.53. The molecule has 0 fully saturated rings. The first-order valence-electron chi connectivity index (χ1n) is 10.5. The molecule has 0 bridgehead atoms. The summed E-state index contributed by atoms with van der Waals surface area (Å²) in [7, 11) is 0. The maximum Gasteiger partial charge on any atom is -0.147 e. The van der Waals surface area contributed by atoms with Crippen LogP contribution >= 0.6 is 24.8 Å². The quantitative estimate of drug-likeness (QED) is 0.507. The van der Waals surface area contributed by atoms with Crippen LogP contribution in [0.3, 0.4) is 0 Å². The van der Waals surface area contributed by atoms with Gasteiger partial charge in [0.15, 0.2) is 0 Å². The van der Waals surface area contributed by atoms with Gasteiger partial charge in [-0.15, -0.1) is 24.8 Å². The SMILES string of the molecule is Cc1cccc2c1=[C]([Zr]([CH3])([CH3])(=[SiH2])[C]1=c3c(C)cccc3=CC1(C)C)C(C)(C)C=2.Cl.Cl. The average Bonchev–Trinajstić information content (AvgIpc) is 2.98. The van der Waals surface area contributed by atoms with Crippen LogP contribution in [0, 0.1) is 24.7 Å². The number of halogens is 2. The van der Waals surface area contributed by atoms with E-state index in [1.807, 2.05) is 0 Å². The van der Waals surface area contributed by atoms with Gasteiger partial charge in [0.1, 0.15) is 0 Å². The van der Waals surface area contributed by atoms with Gasteiger partial charge >= 0.3 is 173 Å². The molecule has 0 aliphatic heterocycles. The van der Waals surface area contributed by atoms with E-state index in [0.717, 1.165) is 0 Å². The van der Waals surface area contributed by atoms with Crippen molar-refractivity contribution in [3.63, 3.8) is 0 Å². The molecule has 162 valence electrons. The van der Waals surface area contributed by atoms with Crippen LogP contribution in [0.5, 0.6) is 0 Å². The third-order valence-electron chi connectivity index (χ3n) is 7.03. The Morgan fingerprint density at radius 2 is 1.00 bits per heavy atom. The molecule has 2 aliphatic rings. The molecule has 0 atom stereocenters. The molecule has 2 aliphatic carbocycles. The van der Waals surface area contributed by atoms with Gasteiger partial charge in [-0.05, 0) is 0 Å². The van der Waals surface area contributed by atoms with E-state index in [1.54, 1.807) is 17.0 Å². The van der Waals surface area contributed by atoms with Gasteiger partial charge in [-0.1, -0.05) is 0 Å². The molecule has 4 heteroatoms. The molecule has 0 radical (unpaired) electrons. The zero-order valence-electron chi connectivity index (χ0n) is 19.6. The third kappa shape index (κ3) is 3.61. The van der Waals surface area contributed by atoms with E-state index in [0.29, 0.717) is 0 Å². The second-order valence-electron chi connectivity index (χ2n) is 11.2. The number of hydrogen-bond acceptors (Lipinski definition) is 0. The van der Waals surface area contributed by atoms with Crippen LogP contribution < -0.4 is 20.9 Å². The number of benzene rings is 2. The molecule has 0 aromatic heterocycles. The summed E-state index contributed by atoms with van der Waals surface area (Å²) < 4.78 is 8.93. The normalized spacial score (nSPS) is 18.4. The van der Waals surface area contributed by atoms with Crippen LogP contribution in [0.4, 0.5) is 0 Å². The monoisotopic (exact) mass is 536 g/mol. The molecule has 4 rings (SSSR count). The molecule has 0 nitrogen and oxygen atoms in total. The van der Waals surface area contributed by atoms with Crippen LogP contribution in [-0.4, -0.2) is 6.88 Å². The Bertz CT molecular complexity index is 1260. The van der Waals surface area contributed by atoms with Crippen molar-refractivity contribution in [3.05, 3.63) is 68.4 Å². The van der Waals surface area contributed by atoms with Gasteiger partial charge in [-0.2, -0.15) is 0 Å². The van der Waals surface area contributed by atoms with Crippen molar-refractivity contribution >= 4 is 50.4 Å².